The van der Waals surface area contributed by atoms with Gasteiger partial charge in [0.15, 0.2) is 0 Å². The summed E-state index contributed by atoms with van der Waals surface area (Å²) in [4.78, 5) is 29.1. The molecule has 0 bridgehead atoms. The van der Waals surface area contributed by atoms with Crippen molar-refractivity contribution in [2.24, 2.45) is 0 Å². The second kappa shape index (κ2) is 7.19. The van der Waals surface area contributed by atoms with Crippen molar-refractivity contribution >= 4 is 17.5 Å². The average Bonchev–Trinajstić information content (AvgIpc) is 2.52. The number of carbonyl (C=O) groups excluding carboxylic acids is 2. The third kappa shape index (κ3) is 4.42. The number of amides is 2. The molecule has 5 nitrogen and oxygen atoms in total. The fraction of sp³-hybridized carbons (Fsp3) is 0.188. The van der Waals surface area contributed by atoms with Gasteiger partial charge in [-0.05, 0) is 23.8 Å². The molecule has 1 heterocycles. The largest absolute Gasteiger partial charge is 0.350 e. The van der Waals surface area contributed by atoms with Crippen LogP contribution in [-0.2, 0) is 16.1 Å². The van der Waals surface area contributed by atoms with E-state index in [0.717, 1.165) is 5.56 Å². The van der Waals surface area contributed by atoms with Gasteiger partial charge in [-0.15, -0.1) is 0 Å². The summed E-state index contributed by atoms with van der Waals surface area (Å²) in [6.07, 6.45) is 3.37. The van der Waals surface area contributed by atoms with Crippen molar-refractivity contribution in [3.63, 3.8) is 0 Å². The first-order chi connectivity index (χ1) is 10.2. The van der Waals surface area contributed by atoms with E-state index in [9.17, 15) is 9.59 Å². The summed E-state index contributed by atoms with van der Waals surface area (Å²) in [5.74, 6) is -0.379. The second-order valence-electron chi connectivity index (χ2n) is 4.58. The maximum Gasteiger partial charge on any atom is 0.240 e. The van der Waals surface area contributed by atoms with Crippen LogP contribution in [0.4, 0.5) is 5.69 Å². The van der Waals surface area contributed by atoms with E-state index in [1.807, 2.05) is 30.3 Å². The van der Waals surface area contributed by atoms with Crippen molar-refractivity contribution in [2.75, 3.05) is 11.4 Å². The summed E-state index contributed by atoms with van der Waals surface area (Å²) in [5.41, 5.74) is 1.63. The number of nitrogens with zero attached hydrogens (tertiary/aromatic N) is 2. The molecule has 0 aliphatic rings. The number of pyridine rings is 1. The maximum atomic E-state index is 12.0. The molecule has 0 saturated carbocycles. The molecule has 1 N–H and O–H groups in total. The van der Waals surface area contributed by atoms with Crippen LogP contribution in [0.15, 0.2) is 54.9 Å². The van der Waals surface area contributed by atoms with Crippen molar-refractivity contribution in [1.29, 1.82) is 0 Å². The van der Waals surface area contributed by atoms with Crippen molar-refractivity contribution in [2.45, 2.75) is 13.5 Å². The van der Waals surface area contributed by atoms with Gasteiger partial charge in [0.25, 0.3) is 0 Å². The van der Waals surface area contributed by atoms with Gasteiger partial charge in [-0.2, -0.15) is 0 Å². The summed E-state index contributed by atoms with van der Waals surface area (Å²) in [6, 6.07) is 12.8. The first kappa shape index (κ1) is 14.7. The number of carbonyl (C=O) groups is 2. The molecular weight excluding hydrogens is 266 g/mol. The van der Waals surface area contributed by atoms with Gasteiger partial charge in [-0.25, -0.2) is 0 Å². The van der Waals surface area contributed by atoms with E-state index in [1.54, 1.807) is 24.5 Å². The predicted octanol–water partition coefficient (Wildman–Crippen LogP) is 1.75. The van der Waals surface area contributed by atoms with Gasteiger partial charge in [0.05, 0.1) is 0 Å². The molecule has 0 fully saturated rings. The van der Waals surface area contributed by atoms with Crippen LogP contribution in [-0.4, -0.2) is 23.3 Å². The number of aromatic nitrogens is 1. The summed E-state index contributed by atoms with van der Waals surface area (Å²) < 4.78 is 0. The summed E-state index contributed by atoms with van der Waals surface area (Å²) >= 11 is 0. The molecule has 0 unspecified atom stereocenters. The van der Waals surface area contributed by atoms with E-state index in [4.69, 9.17) is 0 Å². The lowest BCUT2D eigenvalue weighted by atomic mass is 10.2. The molecule has 2 rings (SSSR count). The zero-order valence-electron chi connectivity index (χ0n) is 11.8. The molecule has 0 radical (unpaired) electrons. The number of nitrogens with one attached hydrogen (secondary N) is 1. The molecule has 0 aliphatic carbocycles. The fourth-order valence-corrected chi connectivity index (χ4v) is 1.90. The van der Waals surface area contributed by atoms with E-state index >= 15 is 0 Å². The Morgan fingerprint density at radius 2 is 1.90 bits per heavy atom. The maximum absolute atomic E-state index is 12.0. The summed E-state index contributed by atoms with van der Waals surface area (Å²) in [5, 5.41) is 2.78. The number of hydrogen-bond donors (Lipinski definition) is 1. The van der Waals surface area contributed by atoms with E-state index in [1.165, 1.54) is 11.8 Å². The number of anilines is 1. The Balaban J connectivity index is 1.95. The normalized spacial score (nSPS) is 9.95. The molecule has 2 amide bonds. The zero-order chi connectivity index (χ0) is 15.1. The first-order valence-corrected chi connectivity index (χ1v) is 6.65. The Morgan fingerprint density at radius 3 is 2.52 bits per heavy atom. The highest BCUT2D eigenvalue weighted by atomic mass is 16.2. The molecule has 5 heteroatoms. The molecule has 0 aliphatic heterocycles. The molecule has 2 aromatic rings. The third-order valence-corrected chi connectivity index (χ3v) is 2.96. The predicted molar refractivity (Wildman–Crippen MR) is 80.6 cm³/mol. The molecule has 1 aromatic carbocycles. The van der Waals surface area contributed by atoms with E-state index < -0.39 is 0 Å². The smallest absolute Gasteiger partial charge is 0.240 e. The lowest BCUT2D eigenvalue weighted by Crippen LogP contribution is -2.39. The highest BCUT2D eigenvalue weighted by Gasteiger charge is 2.15. The van der Waals surface area contributed by atoms with Crippen LogP contribution in [0.3, 0.4) is 0 Å². The molecular formula is C16H17N3O2. The van der Waals surface area contributed by atoms with Gasteiger partial charge in [0, 0.05) is 31.5 Å². The van der Waals surface area contributed by atoms with E-state index in [0.29, 0.717) is 12.2 Å². The number of rotatable bonds is 5. The Labute approximate surface area is 123 Å². The summed E-state index contributed by atoms with van der Waals surface area (Å²) in [7, 11) is 0. The molecule has 0 atom stereocenters. The zero-order valence-corrected chi connectivity index (χ0v) is 11.8. The third-order valence-electron chi connectivity index (χ3n) is 2.96. The van der Waals surface area contributed by atoms with Crippen molar-refractivity contribution in [3.8, 4) is 0 Å². The van der Waals surface area contributed by atoms with E-state index in [2.05, 4.69) is 10.3 Å². The Morgan fingerprint density at radius 1 is 1.14 bits per heavy atom. The average molecular weight is 283 g/mol. The van der Waals surface area contributed by atoms with Crippen molar-refractivity contribution in [3.05, 3.63) is 60.4 Å². The van der Waals surface area contributed by atoms with E-state index in [-0.39, 0.29) is 18.4 Å². The highest BCUT2D eigenvalue weighted by Crippen LogP contribution is 2.12. The van der Waals surface area contributed by atoms with Crippen molar-refractivity contribution in [1.82, 2.24) is 10.3 Å². The van der Waals surface area contributed by atoms with Crippen LogP contribution in [0.25, 0.3) is 0 Å². The van der Waals surface area contributed by atoms with Gasteiger partial charge >= 0.3 is 0 Å². The Hall–Kier alpha value is -2.69. The SMILES string of the molecule is CC(=O)N(CC(=O)NCc1cccnc1)c1ccccc1. The standard InChI is InChI=1S/C16H17N3O2/c1-13(20)19(15-7-3-2-4-8-15)12-16(21)18-11-14-6-5-9-17-10-14/h2-10H,11-12H2,1H3,(H,18,21). The molecule has 1 aromatic heterocycles. The fourth-order valence-electron chi connectivity index (χ4n) is 1.90. The van der Waals surface area contributed by atoms with Crippen molar-refractivity contribution < 1.29 is 9.59 Å². The second-order valence-corrected chi connectivity index (χ2v) is 4.58. The van der Waals surface area contributed by atoms with Gasteiger partial charge in [0.1, 0.15) is 6.54 Å². The number of para-hydroxylation sites is 1. The van der Waals surface area contributed by atoms with Crippen LogP contribution < -0.4 is 10.2 Å². The van der Waals surface area contributed by atoms with Crippen LogP contribution in [0, 0.1) is 0 Å². The minimum atomic E-state index is -0.210. The topological polar surface area (TPSA) is 62.3 Å². The highest BCUT2D eigenvalue weighted by molar-refractivity contribution is 5.97. The Bertz CT molecular complexity index is 599. The molecule has 0 spiro atoms. The van der Waals surface area contributed by atoms with Gasteiger partial charge in [-0.1, -0.05) is 24.3 Å². The van der Waals surface area contributed by atoms with Crippen LogP contribution in [0.5, 0.6) is 0 Å². The monoisotopic (exact) mass is 283 g/mol. The van der Waals surface area contributed by atoms with Gasteiger partial charge in [0.2, 0.25) is 11.8 Å². The Kier molecular flexibility index (Phi) is 5.04. The van der Waals surface area contributed by atoms with Crippen LogP contribution in [0.1, 0.15) is 12.5 Å². The van der Waals surface area contributed by atoms with Gasteiger partial charge in [-0.3, -0.25) is 14.6 Å². The quantitative estimate of drug-likeness (QED) is 0.909. The molecule has 108 valence electrons. The van der Waals surface area contributed by atoms with Gasteiger partial charge < -0.3 is 10.2 Å². The lowest BCUT2D eigenvalue weighted by molar-refractivity contribution is -0.123. The first-order valence-electron chi connectivity index (χ1n) is 6.65. The van der Waals surface area contributed by atoms with Crippen LogP contribution in [0.2, 0.25) is 0 Å². The number of hydrogen-bond acceptors (Lipinski definition) is 3. The molecule has 0 saturated heterocycles. The summed E-state index contributed by atoms with van der Waals surface area (Å²) in [6.45, 7) is 1.84. The minimum Gasteiger partial charge on any atom is -0.350 e. The number of benzene rings is 1. The minimum absolute atomic E-state index is 0.000388. The lowest BCUT2D eigenvalue weighted by Gasteiger charge is -2.20. The van der Waals surface area contributed by atoms with Crippen LogP contribution >= 0.6 is 0 Å². The molecule has 21 heavy (non-hydrogen) atoms.